The molecule has 11 heteroatoms. The zero-order valence-electron chi connectivity index (χ0n) is 21.2. The Labute approximate surface area is 219 Å². The van der Waals surface area contributed by atoms with Crippen LogP contribution in [0.1, 0.15) is 29.4 Å². The summed E-state index contributed by atoms with van der Waals surface area (Å²) in [6, 6.07) is 11.4. The molecular formula is C27H29N9O2. The van der Waals surface area contributed by atoms with Gasteiger partial charge in [-0.1, -0.05) is 18.2 Å². The topological polar surface area (TPSA) is 129 Å². The second-order valence-corrected chi connectivity index (χ2v) is 9.45. The lowest BCUT2D eigenvalue weighted by atomic mass is 10.1. The number of carbonyl (C=O) groups is 1. The number of hydrogen-bond donors (Lipinski definition) is 4. The van der Waals surface area contributed by atoms with Crippen LogP contribution in [-0.2, 0) is 6.54 Å². The molecule has 1 unspecified atom stereocenters. The number of aliphatic hydroxyl groups is 1. The molecule has 4 aromatic heterocycles. The number of rotatable bonds is 8. The minimum absolute atomic E-state index is 0.0680. The molecular weight excluding hydrogens is 482 g/mol. The molecule has 1 aliphatic rings. The fourth-order valence-corrected chi connectivity index (χ4v) is 5.00. The molecule has 4 N–H and O–H groups in total. The zero-order valence-corrected chi connectivity index (χ0v) is 21.2. The number of aromatic amines is 1. The number of amides is 1. The molecule has 0 saturated heterocycles. The summed E-state index contributed by atoms with van der Waals surface area (Å²) in [5.74, 6) is 0.583. The number of para-hydroxylation sites is 1. The predicted octanol–water partition coefficient (Wildman–Crippen LogP) is 3.34. The Balaban J connectivity index is 1.36. The molecule has 0 saturated carbocycles. The molecule has 5 aromatic rings. The number of carbonyl (C=O) groups excluding carboxylic acids is 1. The van der Waals surface area contributed by atoms with Gasteiger partial charge >= 0.3 is 0 Å². The molecule has 0 radical (unpaired) electrons. The van der Waals surface area contributed by atoms with Crippen LogP contribution in [-0.4, -0.2) is 59.2 Å². The lowest BCUT2D eigenvalue weighted by molar-refractivity contribution is 0.0954. The van der Waals surface area contributed by atoms with Crippen LogP contribution in [0.15, 0.2) is 67.5 Å². The average Bonchev–Trinajstić information content (AvgIpc) is 3.66. The lowest BCUT2D eigenvalue weighted by Crippen LogP contribution is -2.59. The average molecular weight is 512 g/mol. The Hall–Kier alpha value is -4.64. The largest absolute Gasteiger partial charge is 0.396 e. The normalized spacial score (nSPS) is 15.9. The summed E-state index contributed by atoms with van der Waals surface area (Å²) >= 11 is 0. The molecule has 1 aliphatic heterocycles. The van der Waals surface area contributed by atoms with E-state index >= 15 is 0 Å². The first-order chi connectivity index (χ1) is 18.5. The van der Waals surface area contributed by atoms with E-state index in [4.69, 9.17) is 5.11 Å². The Bertz CT molecular complexity index is 1590. The standard InChI is InChI=1S/C27H29N9O2/c1-17-9-11-35-23(17)27(38)36(20-7-4-3-5-8-20)26(33-35)18(2)32-25-22-21(14-28-24(22)29-16-30-25)19-13-31-34(15-19)10-6-12-37/h3-5,7-9,11,13-16,18,26,33,37H,6,10,12H2,1-2H3,(H2,28,29,30,32)/t18-,26?/m0/s1. The van der Waals surface area contributed by atoms with Gasteiger partial charge < -0.3 is 20.8 Å². The van der Waals surface area contributed by atoms with Gasteiger partial charge in [0.2, 0.25) is 0 Å². The fraction of sp³-hybridized carbons (Fsp3) is 0.259. The maximum absolute atomic E-state index is 13.7. The van der Waals surface area contributed by atoms with Crippen molar-refractivity contribution in [1.29, 1.82) is 0 Å². The molecule has 194 valence electrons. The van der Waals surface area contributed by atoms with Gasteiger partial charge in [0.1, 0.15) is 29.7 Å². The SMILES string of the molecule is Cc1ccn2c1C(=O)N(c1ccccc1)C([C@H](C)Nc1ncnc3[nH]cc(-c4cnn(CCCO)c4)c13)N2. The minimum atomic E-state index is -0.405. The molecule has 11 nitrogen and oxygen atoms in total. The van der Waals surface area contributed by atoms with Crippen molar-refractivity contribution in [2.45, 2.75) is 39.0 Å². The van der Waals surface area contributed by atoms with E-state index in [9.17, 15) is 4.79 Å². The van der Waals surface area contributed by atoms with Crippen LogP contribution in [0, 0.1) is 6.92 Å². The van der Waals surface area contributed by atoms with Crippen molar-refractivity contribution >= 4 is 28.4 Å². The van der Waals surface area contributed by atoms with Crippen molar-refractivity contribution in [2.75, 3.05) is 22.2 Å². The number of anilines is 2. The monoisotopic (exact) mass is 511 g/mol. The van der Waals surface area contributed by atoms with E-state index in [1.54, 1.807) is 15.8 Å². The smallest absolute Gasteiger partial charge is 0.278 e. The highest BCUT2D eigenvalue weighted by Gasteiger charge is 2.37. The molecule has 0 aliphatic carbocycles. The maximum Gasteiger partial charge on any atom is 0.278 e. The van der Waals surface area contributed by atoms with Gasteiger partial charge in [-0.2, -0.15) is 5.10 Å². The van der Waals surface area contributed by atoms with E-state index in [0.717, 1.165) is 27.8 Å². The van der Waals surface area contributed by atoms with Gasteiger partial charge in [0.15, 0.2) is 0 Å². The number of aryl methyl sites for hydroxylation is 2. The van der Waals surface area contributed by atoms with Gasteiger partial charge in [-0.15, -0.1) is 0 Å². The number of hydrogen-bond acceptors (Lipinski definition) is 7. The molecule has 1 amide bonds. The lowest BCUT2D eigenvalue weighted by Gasteiger charge is -2.41. The van der Waals surface area contributed by atoms with Crippen molar-refractivity contribution in [3.63, 3.8) is 0 Å². The first-order valence-corrected chi connectivity index (χ1v) is 12.6. The highest BCUT2D eigenvalue weighted by atomic mass is 16.3. The van der Waals surface area contributed by atoms with Crippen LogP contribution in [0.25, 0.3) is 22.2 Å². The van der Waals surface area contributed by atoms with Gasteiger partial charge in [0.25, 0.3) is 5.91 Å². The summed E-state index contributed by atoms with van der Waals surface area (Å²) in [4.78, 5) is 27.8. The van der Waals surface area contributed by atoms with E-state index < -0.39 is 6.17 Å². The molecule has 5 heterocycles. The van der Waals surface area contributed by atoms with Crippen molar-refractivity contribution in [3.05, 3.63) is 78.8 Å². The Morgan fingerprint density at radius 1 is 1.18 bits per heavy atom. The summed E-state index contributed by atoms with van der Waals surface area (Å²) in [6.45, 7) is 4.71. The number of nitrogens with one attached hydrogen (secondary N) is 3. The minimum Gasteiger partial charge on any atom is -0.396 e. The van der Waals surface area contributed by atoms with Crippen LogP contribution >= 0.6 is 0 Å². The third-order valence-corrected chi connectivity index (χ3v) is 6.89. The number of aromatic nitrogens is 6. The van der Waals surface area contributed by atoms with Gasteiger partial charge in [-0.05, 0) is 44.0 Å². The molecule has 38 heavy (non-hydrogen) atoms. The summed E-state index contributed by atoms with van der Waals surface area (Å²) < 4.78 is 3.62. The second kappa shape index (κ2) is 9.67. The molecule has 1 aromatic carbocycles. The molecule has 0 fully saturated rings. The van der Waals surface area contributed by atoms with Gasteiger partial charge in [0, 0.05) is 48.6 Å². The Morgan fingerprint density at radius 2 is 2.03 bits per heavy atom. The van der Waals surface area contributed by atoms with Crippen LogP contribution < -0.4 is 15.6 Å². The molecule has 0 bridgehead atoms. The van der Waals surface area contributed by atoms with E-state index in [1.165, 1.54) is 6.33 Å². The molecule has 0 spiro atoms. The van der Waals surface area contributed by atoms with Gasteiger partial charge in [-0.3, -0.25) is 19.1 Å². The first kappa shape index (κ1) is 23.7. The van der Waals surface area contributed by atoms with Crippen LogP contribution in [0.5, 0.6) is 0 Å². The second-order valence-electron chi connectivity index (χ2n) is 9.45. The van der Waals surface area contributed by atoms with Crippen molar-refractivity contribution in [1.82, 2.24) is 29.4 Å². The third-order valence-electron chi connectivity index (χ3n) is 6.89. The molecule has 2 atom stereocenters. The first-order valence-electron chi connectivity index (χ1n) is 12.6. The molecule has 6 rings (SSSR count). The predicted molar refractivity (Wildman–Crippen MR) is 145 cm³/mol. The number of fused-ring (bicyclic) bond motifs is 2. The van der Waals surface area contributed by atoms with E-state index in [1.807, 2.05) is 73.5 Å². The van der Waals surface area contributed by atoms with E-state index in [-0.39, 0.29) is 18.6 Å². The summed E-state index contributed by atoms with van der Waals surface area (Å²) in [5.41, 5.74) is 8.38. The maximum atomic E-state index is 13.7. The zero-order chi connectivity index (χ0) is 26.2. The Kier molecular flexibility index (Phi) is 6.04. The van der Waals surface area contributed by atoms with E-state index in [2.05, 4.69) is 30.8 Å². The van der Waals surface area contributed by atoms with Crippen molar-refractivity contribution in [3.8, 4) is 11.1 Å². The number of H-pyrrole nitrogens is 1. The number of nitrogens with zero attached hydrogens (tertiary/aromatic N) is 6. The van der Waals surface area contributed by atoms with Crippen LogP contribution in [0.2, 0.25) is 0 Å². The summed E-state index contributed by atoms with van der Waals surface area (Å²) in [6.07, 6.45) is 9.28. The third kappa shape index (κ3) is 4.06. The number of aliphatic hydroxyl groups excluding tert-OH is 1. The highest BCUT2D eigenvalue weighted by molar-refractivity contribution is 6.08. The summed E-state index contributed by atoms with van der Waals surface area (Å²) in [5, 5.41) is 18.0. The van der Waals surface area contributed by atoms with Crippen molar-refractivity contribution in [2.24, 2.45) is 0 Å². The van der Waals surface area contributed by atoms with Crippen molar-refractivity contribution < 1.29 is 9.90 Å². The van der Waals surface area contributed by atoms with Crippen LogP contribution in [0.4, 0.5) is 11.5 Å². The van der Waals surface area contributed by atoms with Gasteiger partial charge in [-0.25, -0.2) is 9.97 Å². The Morgan fingerprint density at radius 3 is 2.84 bits per heavy atom. The quantitative estimate of drug-likeness (QED) is 0.251. The van der Waals surface area contributed by atoms with Crippen LogP contribution in [0.3, 0.4) is 0 Å². The highest BCUT2D eigenvalue weighted by Crippen LogP contribution is 2.33. The number of benzene rings is 1. The summed E-state index contributed by atoms with van der Waals surface area (Å²) in [7, 11) is 0. The fourth-order valence-electron chi connectivity index (χ4n) is 5.00. The van der Waals surface area contributed by atoms with E-state index in [0.29, 0.717) is 30.1 Å². The van der Waals surface area contributed by atoms with Gasteiger partial charge in [0.05, 0.1) is 17.6 Å².